The maximum atomic E-state index is 12.1. The Kier molecular flexibility index (Phi) is 5.50. The smallest absolute Gasteiger partial charge is 0.348 e. The number of aromatic nitrogens is 2. The third-order valence-corrected chi connectivity index (χ3v) is 5.47. The number of benzene rings is 1. The van der Waals surface area contributed by atoms with Gasteiger partial charge in [0.15, 0.2) is 6.61 Å². The number of ether oxygens (including phenoxy) is 1. The number of carbonyl (C=O) groups is 2. The van der Waals surface area contributed by atoms with Gasteiger partial charge in [-0.25, -0.2) is 9.48 Å². The van der Waals surface area contributed by atoms with Gasteiger partial charge in [-0.3, -0.25) is 4.79 Å². The van der Waals surface area contributed by atoms with Crippen LogP contribution >= 0.6 is 34.5 Å². The van der Waals surface area contributed by atoms with Crippen LogP contribution in [-0.2, 0) is 16.1 Å². The molecule has 9 heteroatoms. The van der Waals surface area contributed by atoms with E-state index in [-0.39, 0.29) is 12.5 Å². The van der Waals surface area contributed by atoms with E-state index in [1.165, 1.54) is 18.4 Å². The minimum absolute atomic E-state index is 0.310. The Balaban J connectivity index is 1.87. The summed E-state index contributed by atoms with van der Waals surface area (Å²) in [7, 11) is 1.48. The van der Waals surface area contributed by atoms with E-state index in [2.05, 4.69) is 10.4 Å². The molecule has 136 valence electrons. The molecule has 1 aromatic carbocycles. The summed E-state index contributed by atoms with van der Waals surface area (Å²) in [6.07, 6.45) is 0. The fraction of sp³-hybridized carbons (Fsp3) is 0.235. The number of likely N-dealkylation sites (N-methyl/N-ethyl adjacent to an activating group) is 1. The van der Waals surface area contributed by atoms with E-state index in [4.69, 9.17) is 27.9 Å². The number of hydrogen-bond donors (Lipinski definition) is 1. The fourth-order valence-corrected chi connectivity index (χ4v) is 3.93. The van der Waals surface area contributed by atoms with Crippen LogP contribution in [0.5, 0.6) is 0 Å². The Morgan fingerprint density at radius 3 is 2.77 bits per heavy atom. The molecular weight excluding hydrogens is 397 g/mol. The van der Waals surface area contributed by atoms with E-state index >= 15 is 0 Å². The highest BCUT2D eigenvalue weighted by atomic mass is 35.5. The summed E-state index contributed by atoms with van der Waals surface area (Å²) in [5.41, 5.74) is 1.67. The van der Waals surface area contributed by atoms with Crippen LogP contribution in [0.15, 0.2) is 24.3 Å². The van der Waals surface area contributed by atoms with Crippen molar-refractivity contribution < 1.29 is 14.3 Å². The standard InChI is InChI=1S/C17H15Cl2N3O3S/c1-9-12-6-14(17(24)25-8-15(23)20-2)26-16(12)22(21-9)7-10-3-4-11(18)5-13(10)19/h3-6H,7-8H2,1-2H3,(H,20,23). The topological polar surface area (TPSA) is 73.2 Å². The number of thiophene rings is 1. The molecular formula is C17H15Cl2N3O3S. The molecule has 0 bridgehead atoms. The van der Waals surface area contributed by atoms with Crippen molar-refractivity contribution >= 4 is 56.6 Å². The number of nitrogens with zero attached hydrogens (tertiary/aromatic N) is 2. The molecule has 26 heavy (non-hydrogen) atoms. The Bertz CT molecular complexity index is 997. The summed E-state index contributed by atoms with van der Waals surface area (Å²) >= 11 is 13.4. The molecule has 6 nitrogen and oxygen atoms in total. The highest BCUT2D eigenvalue weighted by Crippen LogP contribution is 2.30. The Labute approximate surface area is 163 Å². The number of esters is 1. The zero-order valence-corrected chi connectivity index (χ0v) is 16.3. The molecule has 0 fully saturated rings. The van der Waals surface area contributed by atoms with Crippen LogP contribution in [0.25, 0.3) is 10.2 Å². The maximum absolute atomic E-state index is 12.1. The summed E-state index contributed by atoms with van der Waals surface area (Å²) in [5.74, 6) is -0.899. The molecule has 0 saturated heterocycles. The van der Waals surface area contributed by atoms with E-state index < -0.39 is 5.97 Å². The van der Waals surface area contributed by atoms with Crippen LogP contribution in [0.2, 0.25) is 10.0 Å². The lowest BCUT2D eigenvalue weighted by Crippen LogP contribution is -2.24. The lowest BCUT2D eigenvalue weighted by Gasteiger charge is -2.06. The van der Waals surface area contributed by atoms with Crippen molar-refractivity contribution in [1.29, 1.82) is 0 Å². The van der Waals surface area contributed by atoms with Gasteiger partial charge < -0.3 is 10.1 Å². The average molecular weight is 412 g/mol. The predicted octanol–water partition coefficient (Wildman–Crippen LogP) is 3.66. The minimum Gasteiger partial charge on any atom is -0.451 e. The van der Waals surface area contributed by atoms with Gasteiger partial charge in [0.25, 0.3) is 5.91 Å². The van der Waals surface area contributed by atoms with Crippen LogP contribution in [0.4, 0.5) is 0 Å². The van der Waals surface area contributed by atoms with Gasteiger partial charge >= 0.3 is 5.97 Å². The van der Waals surface area contributed by atoms with Crippen molar-refractivity contribution in [2.45, 2.75) is 13.5 Å². The zero-order valence-electron chi connectivity index (χ0n) is 14.0. The monoisotopic (exact) mass is 411 g/mol. The summed E-state index contributed by atoms with van der Waals surface area (Å²) in [5, 5.41) is 8.91. The number of aryl methyl sites for hydroxylation is 1. The molecule has 0 aliphatic rings. The molecule has 0 aliphatic carbocycles. The first-order valence-corrected chi connectivity index (χ1v) is 9.25. The first kappa shape index (κ1) is 18.7. The molecule has 0 unspecified atom stereocenters. The summed E-state index contributed by atoms with van der Waals surface area (Å²) in [4.78, 5) is 24.6. The number of hydrogen-bond acceptors (Lipinski definition) is 5. The van der Waals surface area contributed by atoms with E-state index in [1.807, 2.05) is 13.0 Å². The fourth-order valence-electron chi connectivity index (χ4n) is 2.41. The van der Waals surface area contributed by atoms with Gasteiger partial charge in [-0.2, -0.15) is 5.10 Å². The van der Waals surface area contributed by atoms with E-state index in [0.29, 0.717) is 21.5 Å². The normalized spacial score (nSPS) is 10.9. The van der Waals surface area contributed by atoms with Crippen LogP contribution in [0, 0.1) is 6.92 Å². The van der Waals surface area contributed by atoms with E-state index in [9.17, 15) is 9.59 Å². The number of halogens is 2. The quantitative estimate of drug-likeness (QED) is 0.650. The van der Waals surface area contributed by atoms with Gasteiger partial charge in [0, 0.05) is 22.5 Å². The zero-order chi connectivity index (χ0) is 18.8. The van der Waals surface area contributed by atoms with Crippen LogP contribution in [0.3, 0.4) is 0 Å². The molecule has 2 aromatic heterocycles. The third kappa shape index (κ3) is 3.85. The first-order valence-electron chi connectivity index (χ1n) is 7.67. The second-order valence-corrected chi connectivity index (χ2v) is 7.43. The molecule has 3 rings (SSSR count). The molecule has 1 amide bonds. The molecule has 0 atom stereocenters. The molecule has 0 spiro atoms. The molecule has 0 aliphatic heterocycles. The Hall–Kier alpha value is -2.09. The van der Waals surface area contributed by atoms with Crippen molar-refractivity contribution in [2.75, 3.05) is 13.7 Å². The number of carbonyl (C=O) groups excluding carboxylic acids is 2. The number of nitrogens with one attached hydrogen (secondary N) is 1. The number of fused-ring (bicyclic) bond motifs is 1. The molecule has 1 N–H and O–H groups in total. The second-order valence-electron chi connectivity index (χ2n) is 5.56. The predicted molar refractivity (Wildman–Crippen MR) is 102 cm³/mol. The molecule has 0 radical (unpaired) electrons. The van der Waals surface area contributed by atoms with Gasteiger partial charge in [0.1, 0.15) is 9.71 Å². The lowest BCUT2D eigenvalue weighted by atomic mass is 10.2. The molecule has 0 saturated carbocycles. The van der Waals surface area contributed by atoms with Gasteiger partial charge in [-0.05, 0) is 30.7 Å². The van der Waals surface area contributed by atoms with Crippen LogP contribution < -0.4 is 5.32 Å². The summed E-state index contributed by atoms with van der Waals surface area (Å²) in [6.45, 7) is 2.01. The van der Waals surface area contributed by atoms with Crippen molar-refractivity contribution in [3.63, 3.8) is 0 Å². The van der Waals surface area contributed by atoms with Gasteiger partial charge in [-0.1, -0.05) is 29.3 Å². The largest absolute Gasteiger partial charge is 0.451 e. The van der Waals surface area contributed by atoms with E-state index in [0.717, 1.165) is 21.5 Å². The van der Waals surface area contributed by atoms with Crippen LogP contribution in [-0.4, -0.2) is 35.3 Å². The molecule has 3 aromatic rings. The maximum Gasteiger partial charge on any atom is 0.348 e. The van der Waals surface area contributed by atoms with Gasteiger partial charge in [0.05, 0.1) is 12.2 Å². The van der Waals surface area contributed by atoms with E-state index in [1.54, 1.807) is 22.9 Å². The number of amides is 1. The van der Waals surface area contributed by atoms with Crippen LogP contribution in [0.1, 0.15) is 20.9 Å². The summed E-state index contributed by atoms with van der Waals surface area (Å²) in [6, 6.07) is 7.03. The lowest BCUT2D eigenvalue weighted by molar-refractivity contribution is -0.123. The van der Waals surface area contributed by atoms with Crippen molar-refractivity contribution in [3.8, 4) is 0 Å². The summed E-state index contributed by atoms with van der Waals surface area (Å²) < 4.78 is 6.80. The number of rotatable bonds is 5. The van der Waals surface area contributed by atoms with Gasteiger partial charge in [0.2, 0.25) is 0 Å². The first-order chi connectivity index (χ1) is 12.4. The molecule has 2 heterocycles. The van der Waals surface area contributed by atoms with Gasteiger partial charge in [-0.15, -0.1) is 11.3 Å². The van der Waals surface area contributed by atoms with Crippen molar-refractivity contribution in [2.24, 2.45) is 0 Å². The Morgan fingerprint density at radius 2 is 2.08 bits per heavy atom. The average Bonchev–Trinajstić information content (AvgIpc) is 3.16. The second kappa shape index (κ2) is 7.65. The SMILES string of the molecule is CNC(=O)COC(=O)c1cc2c(C)nn(Cc3ccc(Cl)cc3Cl)c2s1. The highest BCUT2D eigenvalue weighted by Gasteiger charge is 2.18. The van der Waals surface area contributed by atoms with Crippen molar-refractivity contribution in [3.05, 3.63) is 50.4 Å². The third-order valence-electron chi connectivity index (χ3n) is 3.76. The van der Waals surface area contributed by atoms with Crippen molar-refractivity contribution in [1.82, 2.24) is 15.1 Å². The Morgan fingerprint density at radius 1 is 1.31 bits per heavy atom. The minimum atomic E-state index is -0.537. The highest BCUT2D eigenvalue weighted by molar-refractivity contribution is 7.20.